The standard InChI is InChI=1S/C19H19F3N4O5S/c1-2-3-11(27)8-16-25-18(31-26-16)17-15(23)9-14(10-24-17)32(28,29)13-6-4-12(5-7-13)30-19(20,21)22/h4-7,9-11,27H,2-3,8,23H2,1H3. The maximum atomic E-state index is 12.8. The number of sulfone groups is 1. The Morgan fingerprint density at radius 2 is 1.91 bits per heavy atom. The zero-order chi connectivity index (χ0) is 23.5. The van der Waals surface area contributed by atoms with Crippen molar-refractivity contribution < 1.29 is 36.0 Å². The van der Waals surface area contributed by atoms with Gasteiger partial charge < -0.3 is 20.1 Å². The first-order valence-corrected chi connectivity index (χ1v) is 10.9. The Morgan fingerprint density at radius 3 is 2.50 bits per heavy atom. The number of aromatic nitrogens is 3. The van der Waals surface area contributed by atoms with Gasteiger partial charge in [-0.05, 0) is 36.8 Å². The van der Waals surface area contributed by atoms with Gasteiger partial charge in [-0.15, -0.1) is 13.2 Å². The van der Waals surface area contributed by atoms with E-state index in [-0.39, 0.29) is 39.3 Å². The zero-order valence-corrected chi connectivity index (χ0v) is 17.5. The molecular weight excluding hydrogens is 453 g/mol. The van der Waals surface area contributed by atoms with Crippen molar-refractivity contribution in [3.8, 4) is 17.3 Å². The second-order valence-corrected chi connectivity index (χ2v) is 8.74. The van der Waals surface area contributed by atoms with Crippen LogP contribution in [0.4, 0.5) is 18.9 Å². The molecule has 2 heterocycles. The van der Waals surface area contributed by atoms with Crippen molar-refractivity contribution in [2.75, 3.05) is 5.73 Å². The summed E-state index contributed by atoms with van der Waals surface area (Å²) in [6.07, 6.45) is -2.96. The van der Waals surface area contributed by atoms with Crippen molar-refractivity contribution in [3.63, 3.8) is 0 Å². The molecule has 0 bridgehead atoms. The maximum absolute atomic E-state index is 12.8. The number of hydrogen-bond acceptors (Lipinski definition) is 9. The van der Waals surface area contributed by atoms with Gasteiger partial charge in [0, 0.05) is 12.6 Å². The number of anilines is 1. The number of ether oxygens (including phenoxy) is 1. The summed E-state index contributed by atoms with van der Waals surface area (Å²) >= 11 is 0. The predicted molar refractivity (Wildman–Crippen MR) is 105 cm³/mol. The molecule has 1 unspecified atom stereocenters. The monoisotopic (exact) mass is 472 g/mol. The van der Waals surface area contributed by atoms with Gasteiger partial charge in [-0.25, -0.2) is 13.4 Å². The average Bonchev–Trinajstić information content (AvgIpc) is 3.15. The molecule has 1 aromatic carbocycles. The average molecular weight is 472 g/mol. The van der Waals surface area contributed by atoms with E-state index in [1.54, 1.807) is 0 Å². The van der Waals surface area contributed by atoms with Crippen LogP contribution >= 0.6 is 0 Å². The number of aliphatic hydroxyl groups excluding tert-OH is 1. The molecule has 9 nitrogen and oxygen atoms in total. The molecule has 2 aromatic heterocycles. The second kappa shape index (κ2) is 9.12. The molecule has 13 heteroatoms. The van der Waals surface area contributed by atoms with Crippen molar-refractivity contribution in [3.05, 3.63) is 42.4 Å². The van der Waals surface area contributed by atoms with E-state index >= 15 is 0 Å². The fraction of sp³-hybridized carbons (Fsp3) is 0.316. The summed E-state index contributed by atoms with van der Waals surface area (Å²) in [5.74, 6) is -0.348. The van der Waals surface area contributed by atoms with Gasteiger partial charge >= 0.3 is 6.36 Å². The lowest BCUT2D eigenvalue weighted by Gasteiger charge is -2.10. The smallest absolute Gasteiger partial charge is 0.406 e. The molecule has 0 saturated carbocycles. The van der Waals surface area contributed by atoms with Gasteiger partial charge in [0.1, 0.15) is 5.75 Å². The van der Waals surface area contributed by atoms with Gasteiger partial charge in [0.15, 0.2) is 11.5 Å². The number of halogens is 3. The Kier molecular flexibility index (Phi) is 6.69. The number of aliphatic hydroxyl groups is 1. The molecular formula is C19H19F3N4O5S. The van der Waals surface area contributed by atoms with E-state index in [4.69, 9.17) is 10.3 Å². The zero-order valence-electron chi connectivity index (χ0n) is 16.7. The topological polar surface area (TPSA) is 141 Å². The molecule has 3 aromatic rings. The van der Waals surface area contributed by atoms with Gasteiger partial charge in [-0.1, -0.05) is 18.5 Å². The fourth-order valence-electron chi connectivity index (χ4n) is 2.82. The van der Waals surface area contributed by atoms with E-state index in [1.807, 2.05) is 6.92 Å². The summed E-state index contributed by atoms with van der Waals surface area (Å²) in [6.45, 7) is 1.93. The normalized spacial score (nSPS) is 13.2. The number of benzene rings is 1. The number of rotatable bonds is 8. The molecule has 0 fully saturated rings. The minimum Gasteiger partial charge on any atom is -0.406 e. The van der Waals surface area contributed by atoms with Crippen LogP contribution in [-0.2, 0) is 16.3 Å². The maximum Gasteiger partial charge on any atom is 0.573 e. The summed E-state index contributed by atoms with van der Waals surface area (Å²) in [5, 5.41) is 13.6. The van der Waals surface area contributed by atoms with Crippen LogP contribution < -0.4 is 10.5 Å². The minimum absolute atomic E-state index is 0.0428. The molecule has 0 amide bonds. The molecule has 3 N–H and O–H groups in total. The van der Waals surface area contributed by atoms with Crippen LogP contribution in [-0.4, -0.2) is 41.1 Å². The lowest BCUT2D eigenvalue weighted by Crippen LogP contribution is -2.17. The van der Waals surface area contributed by atoms with Gasteiger partial charge in [0.25, 0.3) is 5.89 Å². The SMILES string of the molecule is CCCC(O)Cc1noc(-c2ncc(S(=O)(=O)c3ccc(OC(F)(F)F)cc3)cc2N)n1. The number of nitrogen functional groups attached to an aromatic ring is 1. The van der Waals surface area contributed by atoms with Crippen LogP contribution in [0.25, 0.3) is 11.6 Å². The number of hydrogen-bond donors (Lipinski definition) is 2. The van der Waals surface area contributed by atoms with E-state index in [0.29, 0.717) is 6.42 Å². The van der Waals surface area contributed by atoms with Crippen molar-refractivity contribution in [1.29, 1.82) is 0 Å². The largest absolute Gasteiger partial charge is 0.573 e. The number of alkyl halides is 3. The number of nitrogens with zero attached hydrogens (tertiary/aromatic N) is 3. The second-order valence-electron chi connectivity index (χ2n) is 6.79. The summed E-state index contributed by atoms with van der Waals surface area (Å²) in [5.41, 5.74) is 5.93. The molecule has 0 radical (unpaired) electrons. The molecule has 32 heavy (non-hydrogen) atoms. The summed E-state index contributed by atoms with van der Waals surface area (Å²) in [6, 6.07) is 4.86. The van der Waals surface area contributed by atoms with Gasteiger partial charge in [-0.2, -0.15) is 4.98 Å². The molecule has 0 aliphatic rings. The highest BCUT2D eigenvalue weighted by molar-refractivity contribution is 7.91. The van der Waals surface area contributed by atoms with E-state index in [1.165, 1.54) is 0 Å². The summed E-state index contributed by atoms with van der Waals surface area (Å²) < 4.78 is 71.2. The van der Waals surface area contributed by atoms with Crippen molar-refractivity contribution >= 4 is 15.5 Å². The molecule has 1 atom stereocenters. The number of pyridine rings is 1. The van der Waals surface area contributed by atoms with Crippen molar-refractivity contribution in [1.82, 2.24) is 15.1 Å². The third kappa shape index (κ3) is 5.53. The van der Waals surface area contributed by atoms with Gasteiger partial charge in [0.2, 0.25) is 9.84 Å². The van der Waals surface area contributed by atoms with Gasteiger partial charge in [0.05, 0.1) is 21.6 Å². The van der Waals surface area contributed by atoms with E-state index in [0.717, 1.165) is 42.9 Å². The van der Waals surface area contributed by atoms with Crippen LogP contribution in [0.5, 0.6) is 5.75 Å². The number of nitrogens with two attached hydrogens (primary N) is 1. The van der Waals surface area contributed by atoms with Crippen LogP contribution in [0.1, 0.15) is 25.6 Å². The van der Waals surface area contributed by atoms with Crippen LogP contribution in [0, 0.1) is 0 Å². The minimum atomic E-state index is -4.89. The summed E-state index contributed by atoms with van der Waals surface area (Å²) in [4.78, 5) is 7.57. The Hall–Kier alpha value is -3.19. The third-order valence-corrected chi connectivity index (χ3v) is 6.02. The quantitative estimate of drug-likeness (QED) is 0.505. The molecule has 0 aliphatic carbocycles. The third-order valence-electron chi connectivity index (χ3n) is 4.28. The van der Waals surface area contributed by atoms with E-state index < -0.39 is 28.1 Å². The Labute approximate surface area is 181 Å². The van der Waals surface area contributed by atoms with Crippen molar-refractivity contribution in [2.24, 2.45) is 0 Å². The van der Waals surface area contributed by atoms with Crippen molar-refractivity contribution in [2.45, 2.75) is 48.4 Å². The first-order chi connectivity index (χ1) is 15.0. The Bertz CT molecular complexity index is 1180. The molecule has 0 aliphatic heterocycles. The molecule has 0 saturated heterocycles. The highest BCUT2D eigenvalue weighted by atomic mass is 32.2. The first-order valence-electron chi connectivity index (χ1n) is 9.37. The predicted octanol–water partition coefficient (Wildman–Crippen LogP) is 3.15. The lowest BCUT2D eigenvalue weighted by molar-refractivity contribution is -0.274. The lowest BCUT2D eigenvalue weighted by atomic mass is 10.1. The molecule has 172 valence electrons. The van der Waals surface area contributed by atoms with E-state index in [9.17, 15) is 26.7 Å². The molecule has 3 rings (SSSR count). The van der Waals surface area contributed by atoms with Crippen LogP contribution in [0.15, 0.2) is 50.8 Å². The highest BCUT2D eigenvalue weighted by Gasteiger charge is 2.31. The Balaban J connectivity index is 1.82. The van der Waals surface area contributed by atoms with Crippen LogP contribution in [0.2, 0.25) is 0 Å². The van der Waals surface area contributed by atoms with Crippen LogP contribution in [0.3, 0.4) is 0 Å². The highest BCUT2D eigenvalue weighted by Crippen LogP contribution is 2.29. The van der Waals surface area contributed by atoms with E-state index in [2.05, 4.69) is 19.9 Å². The first kappa shape index (κ1) is 23.5. The fourth-order valence-corrected chi connectivity index (χ4v) is 4.06. The Morgan fingerprint density at radius 1 is 1.22 bits per heavy atom. The van der Waals surface area contributed by atoms with Gasteiger partial charge in [-0.3, -0.25) is 0 Å². The summed E-state index contributed by atoms with van der Waals surface area (Å²) in [7, 11) is -4.12. The molecule has 0 spiro atoms.